The molecular weight excluding hydrogens is 240 g/mol. The Bertz CT molecular complexity index is 426. The number of nitrogens with zero attached hydrogens (tertiary/aromatic N) is 1. The van der Waals surface area contributed by atoms with Gasteiger partial charge in [-0.25, -0.2) is 0 Å². The summed E-state index contributed by atoms with van der Waals surface area (Å²) >= 11 is 0. The topological polar surface area (TPSA) is 33.7 Å². The van der Waals surface area contributed by atoms with Crippen LogP contribution in [0.4, 0.5) is 0 Å². The van der Waals surface area contributed by atoms with Gasteiger partial charge in [0.15, 0.2) is 11.5 Å². The van der Waals surface area contributed by atoms with Crippen molar-refractivity contribution in [3.63, 3.8) is 0 Å². The van der Waals surface area contributed by atoms with Crippen LogP contribution < -0.4 is 14.8 Å². The van der Waals surface area contributed by atoms with E-state index in [1.54, 1.807) is 7.11 Å². The third-order valence-corrected chi connectivity index (χ3v) is 3.66. The minimum absolute atomic E-state index is 0.406. The molecule has 104 valence electrons. The van der Waals surface area contributed by atoms with Crippen LogP contribution in [0.2, 0.25) is 0 Å². The second-order valence-electron chi connectivity index (χ2n) is 5.33. The molecule has 1 aromatic rings. The van der Waals surface area contributed by atoms with Crippen molar-refractivity contribution in [1.29, 1.82) is 0 Å². The molecular formula is C15H22N2O2. The van der Waals surface area contributed by atoms with Crippen LogP contribution in [0.15, 0.2) is 18.2 Å². The lowest BCUT2D eigenvalue weighted by Gasteiger charge is -2.27. The highest BCUT2D eigenvalue weighted by molar-refractivity contribution is 5.43. The van der Waals surface area contributed by atoms with E-state index in [4.69, 9.17) is 9.47 Å². The standard InChI is InChI=1S/C15H22N2O2/c1-18-14-5-2-12(10-15(14)19-13-3-4-13)11-17-8-6-16-7-9-17/h2,5,10,13,16H,3-4,6-9,11H2,1H3. The average molecular weight is 262 g/mol. The molecule has 1 heterocycles. The Labute approximate surface area is 114 Å². The van der Waals surface area contributed by atoms with Crippen LogP contribution in [-0.4, -0.2) is 44.3 Å². The predicted octanol–water partition coefficient (Wildman–Crippen LogP) is 1.64. The van der Waals surface area contributed by atoms with E-state index in [0.717, 1.165) is 44.2 Å². The number of benzene rings is 1. The van der Waals surface area contributed by atoms with Gasteiger partial charge in [-0.15, -0.1) is 0 Å². The fourth-order valence-corrected chi connectivity index (χ4v) is 2.40. The lowest BCUT2D eigenvalue weighted by atomic mass is 10.1. The molecule has 1 saturated carbocycles. The lowest BCUT2D eigenvalue weighted by Crippen LogP contribution is -2.42. The monoisotopic (exact) mass is 262 g/mol. The molecule has 0 atom stereocenters. The smallest absolute Gasteiger partial charge is 0.161 e. The van der Waals surface area contributed by atoms with Gasteiger partial charge in [-0.1, -0.05) is 6.07 Å². The molecule has 0 radical (unpaired) electrons. The minimum atomic E-state index is 0.406. The van der Waals surface area contributed by atoms with Gasteiger partial charge < -0.3 is 14.8 Å². The van der Waals surface area contributed by atoms with Crippen LogP contribution >= 0.6 is 0 Å². The summed E-state index contributed by atoms with van der Waals surface area (Å²) < 4.78 is 11.3. The zero-order valence-electron chi connectivity index (χ0n) is 11.5. The second-order valence-corrected chi connectivity index (χ2v) is 5.33. The summed E-state index contributed by atoms with van der Waals surface area (Å²) in [5.74, 6) is 1.74. The highest BCUT2D eigenvalue weighted by Crippen LogP contribution is 2.34. The van der Waals surface area contributed by atoms with Gasteiger partial charge >= 0.3 is 0 Å². The van der Waals surface area contributed by atoms with Crippen LogP contribution in [0.1, 0.15) is 18.4 Å². The number of rotatable bonds is 5. The number of hydrogen-bond donors (Lipinski definition) is 1. The molecule has 4 nitrogen and oxygen atoms in total. The maximum atomic E-state index is 5.92. The zero-order chi connectivity index (χ0) is 13.1. The van der Waals surface area contributed by atoms with Crippen molar-refractivity contribution in [3.05, 3.63) is 23.8 Å². The predicted molar refractivity (Wildman–Crippen MR) is 74.8 cm³/mol. The van der Waals surface area contributed by atoms with E-state index < -0.39 is 0 Å². The molecule has 1 saturated heterocycles. The molecule has 3 rings (SSSR count). The summed E-state index contributed by atoms with van der Waals surface area (Å²) in [7, 11) is 1.70. The Morgan fingerprint density at radius 2 is 2.00 bits per heavy atom. The number of nitrogens with one attached hydrogen (secondary N) is 1. The normalized spacial score (nSPS) is 20.3. The fourth-order valence-electron chi connectivity index (χ4n) is 2.40. The van der Waals surface area contributed by atoms with Crippen molar-refractivity contribution >= 4 is 0 Å². The maximum Gasteiger partial charge on any atom is 0.161 e. The van der Waals surface area contributed by atoms with Crippen molar-refractivity contribution < 1.29 is 9.47 Å². The van der Waals surface area contributed by atoms with Gasteiger partial charge in [-0.05, 0) is 30.5 Å². The van der Waals surface area contributed by atoms with Gasteiger partial charge in [0.1, 0.15) is 0 Å². The Morgan fingerprint density at radius 3 is 2.68 bits per heavy atom. The first kappa shape index (κ1) is 12.8. The number of piperazine rings is 1. The van der Waals surface area contributed by atoms with E-state index in [-0.39, 0.29) is 0 Å². The van der Waals surface area contributed by atoms with Crippen LogP contribution in [-0.2, 0) is 6.54 Å². The van der Waals surface area contributed by atoms with E-state index in [0.29, 0.717) is 6.10 Å². The summed E-state index contributed by atoms with van der Waals surface area (Å²) in [5.41, 5.74) is 1.30. The first-order valence-electron chi connectivity index (χ1n) is 7.12. The molecule has 0 bridgehead atoms. The van der Waals surface area contributed by atoms with Crippen LogP contribution in [0, 0.1) is 0 Å². The van der Waals surface area contributed by atoms with Gasteiger partial charge in [0.25, 0.3) is 0 Å². The molecule has 0 amide bonds. The van der Waals surface area contributed by atoms with Crippen molar-refractivity contribution in [2.75, 3.05) is 33.3 Å². The summed E-state index contributed by atoms with van der Waals surface area (Å²) in [6.07, 6.45) is 2.75. The first-order valence-corrected chi connectivity index (χ1v) is 7.12. The number of hydrogen-bond acceptors (Lipinski definition) is 4. The van der Waals surface area contributed by atoms with Gasteiger partial charge in [0.2, 0.25) is 0 Å². The molecule has 2 fully saturated rings. The largest absolute Gasteiger partial charge is 0.493 e. The van der Waals surface area contributed by atoms with Gasteiger partial charge in [0, 0.05) is 32.7 Å². The minimum Gasteiger partial charge on any atom is -0.493 e. The Balaban J connectivity index is 1.69. The molecule has 1 aromatic carbocycles. The molecule has 0 spiro atoms. The molecule has 4 heteroatoms. The Hall–Kier alpha value is -1.26. The van der Waals surface area contributed by atoms with Crippen LogP contribution in [0.5, 0.6) is 11.5 Å². The van der Waals surface area contributed by atoms with Gasteiger partial charge in [-0.2, -0.15) is 0 Å². The van der Waals surface area contributed by atoms with Crippen LogP contribution in [0.25, 0.3) is 0 Å². The lowest BCUT2D eigenvalue weighted by molar-refractivity contribution is 0.232. The van der Waals surface area contributed by atoms with E-state index in [2.05, 4.69) is 22.3 Å². The maximum absolute atomic E-state index is 5.92. The third kappa shape index (κ3) is 3.39. The first-order chi connectivity index (χ1) is 9.35. The summed E-state index contributed by atoms with van der Waals surface area (Å²) in [6.45, 7) is 5.39. The molecule has 1 N–H and O–H groups in total. The van der Waals surface area contributed by atoms with E-state index in [1.165, 1.54) is 18.4 Å². The van der Waals surface area contributed by atoms with Crippen molar-refractivity contribution in [3.8, 4) is 11.5 Å². The highest BCUT2D eigenvalue weighted by Gasteiger charge is 2.25. The molecule has 0 unspecified atom stereocenters. The molecule has 19 heavy (non-hydrogen) atoms. The van der Waals surface area contributed by atoms with Gasteiger partial charge in [-0.3, -0.25) is 4.90 Å². The molecule has 0 aromatic heterocycles. The molecule has 2 aliphatic rings. The second kappa shape index (κ2) is 5.80. The van der Waals surface area contributed by atoms with E-state index in [9.17, 15) is 0 Å². The van der Waals surface area contributed by atoms with Crippen LogP contribution in [0.3, 0.4) is 0 Å². The molecule has 1 aliphatic carbocycles. The van der Waals surface area contributed by atoms with Crippen molar-refractivity contribution in [1.82, 2.24) is 10.2 Å². The van der Waals surface area contributed by atoms with Crippen molar-refractivity contribution in [2.24, 2.45) is 0 Å². The summed E-state index contributed by atoms with van der Waals surface area (Å²) in [5, 5.41) is 3.38. The molecule has 1 aliphatic heterocycles. The fraction of sp³-hybridized carbons (Fsp3) is 0.600. The van der Waals surface area contributed by atoms with E-state index in [1.807, 2.05) is 6.07 Å². The number of ether oxygens (including phenoxy) is 2. The van der Waals surface area contributed by atoms with Crippen molar-refractivity contribution in [2.45, 2.75) is 25.5 Å². The van der Waals surface area contributed by atoms with E-state index >= 15 is 0 Å². The Morgan fingerprint density at radius 1 is 1.21 bits per heavy atom. The quantitative estimate of drug-likeness (QED) is 0.874. The van der Waals surface area contributed by atoms with Gasteiger partial charge in [0.05, 0.1) is 13.2 Å². The third-order valence-electron chi connectivity index (χ3n) is 3.66. The summed E-state index contributed by atoms with van der Waals surface area (Å²) in [4.78, 5) is 2.47. The Kier molecular flexibility index (Phi) is 3.89. The zero-order valence-corrected chi connectivity index (χ0v) is 11.5. The summed E-state index contributed by atoms with van der Waals surface area (Å²) in [6, 6.07) is 6.30. The SMILES string of the molecule is COc1ccc(CN2CCNCC2)cc1OC1CC1. The number of methoxy groups -OCH3 is 1. The average Bonchev–Trinajstić information content (AvgIpc) is 3.24. The highest BCUT2D eigenvalue weighted by atomic mass is 16.5.